The molecule has 0 spiro atoms. The molecule has 122 valence electrons. The fraction of sp³-hybridized carbons (Fsp3) is 0.167. The molecule has 5 nitrogen and oxygen atoms in total. The Labute approximate surface area is 147 Å². The topological polar surface area (TPSA) is 64.0 Å². The van der Waals surface area contributed by atoms with Gasteiger partial charge in [0.25, 0.3) is 5.56 Å². The second kappa shape index (κ2) is 6.97. The molecule has 0 aliphatic carbocycles. The van der Waals surface area contributed by atoms with Gasteiger partial charge in [-0.05, 0) is 36.8 Å². The van der Waals surface area contributed by atoms with Crippen LogP contribution >= 0.6 is 15.9 Å². The van der Waals surface area contributed by atoms with E-state index in [-0.39, 0.29) is 24.1 Å². The molecule has 24 heavy (non-hydrogen) atoms. The van der Waals surface area contributed by atoms with Gasteiger partial charge < -0.3 is 9.88 Å². The van der Waals surface area contributed by atoms with Crippen molar-refractivity contribution in [1.82, 2.24) is 14.9 Å². The van der Waals surface area contributed by atoms with Gasteiger partial charge in [-0.25, -0.2) is 0 Å². The molecule has 2 heterocycles. The lowest BCUT2D eigenvalue weighted by Crippen LogP contribution is -2.33. The predicted octanol–water partition coefficient (Wildman–Crippen LogP) is 3.04. The van der Waals surface area contributed by atoms with Crippen LogP contribution < -0.4 is 10.9 Å². The lowest BCUT2D eigenvalue weighted by atomic mass is 10.1. The molecule has 0 fully saturated rings. The van der Waals surface area contributed by atoms with Gasteiger partial charge in [0.2, 0.25) is 5.91 Å². The third kappa shape index (κ3) is 3.54. The van der Waals surface area contributed by atoms with E-state index in [1.54, 1.807) is 30.7 Å². The number of halogens is 1. The Kier molecular flexibility index (Phi) is 4.76. The van der Waals surface area contributed by atoms with Gasteiger partial charge in [-0.3, -0.25) is 14.6 Å². The van der Waals surface area contributed by atoms with Crippen LogP contribution in [0.5, 0.6) is 0 Å². The number of hydrogen-bond acceptors (Lipinski definition) is 3. The van der Waals surface area contributed by atoms with Gasteiger partial charge >= 0.3 is 0 Å². The first-order valence-corrected chi connectivity index (χ1v) is 8.32. The highest BCUT2D eigenvalue weighted by Gasteiger charge is 2.11. The molecule has 0 aliphatic heterocycles. The molecule has 2 aromatic heterocycles. The number of nitrogens with zero attached hydrogens (tertiary/aromatic N) is 2. The van der Waals surface area contributed by atoms with Crippen LogP contribution in [-0.2, 0) is 11.3 Å². The highest BCUT2D eigenvalue weighted by molar-refractivity contribution is 9.10. The summed E-state index contributed by atoms with van der Waals surface area (Å²) in [5.74, 6) is -0.207. The molecule has 3 aromatic rings. The molecule has 0 bridgehead atoms. The predicted molar refractivity (Wildman–Crippen MR) is 96.7 cm³/mol. The van der Waals surface area contributed by atoms with Crippen LogP contribution in [0.25, 0.3) is 10.8 Å². The van der Waals surface area contributed by atoms with E-state index in [2.05, 4.69) is 26.2 Å². The van der Waals surface area contributed by atoms with Crippen molar-refractivity contribution in [3.05, 3.63) is 75.4 Å². The number of amides is 1. The number of rotatable bonds is 4. The smallest absolute Gasteiger partial charge is 0.259 e. The molecule has 1 amide bonds. The van der Waals surface area contributed by atoms with E-state index in [1.807, 2.05) is 31.2 Å². The highest BCUT2D eigenvalue weighted by atomic mass is 79.9. The summed E-state index contributed by atoms with van der Waals surface area (Å²) >= 11 is 3.39. The number of benzene rings is 1. The second-order valence-electron chi connectivity index (χ2n) is 5.55. The number of fused-ring (bicyclic) bond motifs is 1. The van der Waals surface area contributed by atoms with Gasteiger partial charge in [0, 0.05) is 28.4 Å². The van der Waals surface area contributed by atoms with Crippen molar-refractivity contribution < 1.29 is 4.79 Å². The minimum absolute atomic E-state index is 0.0159. The van der Waals surface area contributed by atoms with Gasteiger partial charge in [0.15, 0.2) is 0 Å². The number of carbonyl (C=O) groups is 1. The summed E-state index contributed by atoms with van der Waals surface area (Å²) in [6.45, 7) is 1.90. The third-order valence-electron chi connectivity index (χ3n) is 3.84. The van der Waals surface area contributed by atoms with Gasteiger partial charge in [-0.2, -0.15) is 0 Å². The molecule has 0 unspecified atom stereocenters. The molecule has 1 N–H and O–H groups in total. The van der Waals surface area contributed by atoms with E-state index in [1.165, 1.54) is 4.57 Å². The van der Waals surface area contributed by atoms with E-state index in [0.717, 1.165) is 15.4 Å². The zero-order valence-corrected chi connectivity index (χ0v) is 14.7. The van der Waals surface area contributed by atoms with E-state index in [0.29, 0.717) is 5.39 Å². The van der Waals surface area contributed by atoms with Crippen LogP contribution in [-0.4, -0.2) is 15.5 Å². The first-order chi connectivity index (χ1) is 11.5. The van der Waals surface area contributed by atoms with Gasteiger partial charge in [0.1, 0.15) is 6.54 Å². The Balaban J connectivity index is 1.74. The summed E-state index contributed by atoms with van der Waals surface area (Å²) in [6, 6.07) is 11.1. The maximum atomic E-state index is 12.4. The molecule has 1 atom stereocenters. The molecule has 0 saturated carbocycles. The van der Waals surface area contributed by atoms with Crippen LogP contribution in [0.1, 0.15) is 18.5 Å². The quantitative estimate of drug-likeness (QED) is 0.750. The Morgan fingerprint density at radius 1 is 1.25 bits per heavy atom. The Bertz CT molecular complexity index is 935. The summed E-state index contributed by atoms with van der Waals surface area (Å²) in [5.41, 5.74) is 0.810. The van der Waals surface area contributed by atoms with E-state index in [4.69, 9.17) is 0 Å². The molecule has 0 aliphatic rings. The van der Waals surface area contributed by atoms with E-state index in [9.17, 15) is 9.59 Å². The lowest BCUT2D eigenvalue weighted by Gasteiger charge is -2.15. The van der Waals surface area contributed by atoms with Gasteiger partial charge in [-0.1, -0.05) is 28.1 Å². The van der Waals surface area contributed by atoms with Crippen molar-refractivity contribution in [2.75, 3.05) is 0 Å². The molecular weight excluding hydrogens is 370 g/mol. The number of nitrogens with one attached hydrogen (secondary N) is 1. The van der Waals surface area contributed by atoms with Crippen molar-refractivity contribution in [3.63, 3.8) is 0 Å². The van der Waals surface area contributed by atoms with Crippen LogP contribution in [0.2, 0.25) is 0 Å². The zero-order valence-electron chi connectivity index (χ0n) is 13.1. The second-order valence-corrected chi connectivity index (χ2v) is 6.47. The van der Waals surface area contributed by atoms with Crippen LogP contribution in [0, 0.1) is 0 Å². The SMILES string of the molecule is C[C@H](NC(=O)Cn1ccc2cnccc2c1=O)c1ccc(Br)cc1. The van der Waals surface area contributed by atoms with Crippen molar-refractivity contribution in [2.24, 2.45) is 0 Å². The van der Waals surface area contributed by atoms with Crippen LogP contribution in [0.3, 0.4) is 0 Å². The molecule has 0 saturated heterocycles. The summed E-state index contributed by atoms with van der Waals surface area (Å²) < 4.78 is 2.40. The summed E-state index contributed by atoms with van der Waals surface area (Å²) in [5, 5.41) is 4.24. The Morgan fingerprint density at radius 2 is 2.00 bits per heavy atom. The van der Waals surface area contributed by atoms with Gasteiger partial charge in [0.05, 0.1) is 11.4 Å². The van der Waals surface area contributed by atoms with Crippen LogP contribution in [0.15, 0.2) is 64.3 Å². The summed E-state index contributed by atoms with van der Waals surface area (Å²) in [4.78, 5) is 28.7. The minimum atomic E-state index is -0.207. The zero-order chi connectivity index (χ0) is 17.1. The fourth-order valence-electron chi connectivity index (χ4n) is 2.53. The number of carbonyl (C=O) groups excluding carboxylic acids is 1. The monoisotopic (exact) mass is 385 g/mol. The summed E-state index contributed by atoms with van der Waals surface area (Å²) in [7, 11) is 0. The molecule has 1 aromatic carbocycles. The molecule has 3 rings (SSSR count). The maximum absolute atomic E-state index is 12.4. The average molecular weight is 386 g/mol. The van der Waals surface area contributed by atoms with Crippen molar-refractivity contribution in [1.29, 1.82) is 0 Å². The fourth-order valence-corrected chi connectivity index (χ4v) is 2.79. The van der Waals surface area contributed by atoms with Crippen molar-refractivity contribution in [2.45, 2.75) is 19.5 Å². The lowest BCUT2D eigenvalue weighted by molar-refractivity contribution is -0.122. The maximum Gasteiger partial charge on any atom is 0.259 e. The number of pyridine rings is 2. The minimum Gasteiger partial charge on any atom is -0.348 e. The Morgan fingerprint density at radius 3 is 2.75 bits per heavy atom. The van der Waals surface area contributed by atoms with E-state index < -0.39 is 0 Å². The first-order valence-electron chi connectivity index (χ1n) is 7.52. The summed E-state index contributed by atoms with van der Waals surface area (Å²) in [6.07, 6.45) is 4.83. The molecular formula is C18H16BrN3O2. The largest absolute Gasteiger partial charge is 0.348 e. The number of aromatic nitrogens is 2. The van der Waals surface area contributed by atoms with Crippen LogP contribution in [0.4, 0.5) is 0 Å². The highest BCUT2D eigenvalue weighted by Crippen LogP contribution is 2.16. The molecule has 6 heteroatoms. The molecule has 0 radical (unpaired) electrons. The average Bonchev–Trinajstić information content (AvgIpc) is 2.58. The van der Waals surface area contributed by atoms with Gasteiger partial charge in [-0.15, -0.1) is 0 Å². The Hall–Kier alpha value is -2.47. The number of hydrogen-bond donors (Lipinski definition) is 1. The first kappa shape index (κ1) is 16.4. The third-order valence-corrected chi connectivity index (χ3v) is 4.37. The standard InChI is InChI=1S/C18H16BrN3O2/c1-12(13-2-4-15(19)5-3-13)21-17(23)11-22-9-7-14-10-20-8-6-16(14)18(22)24/h2-10,12H,11H2,1H3,(H,21,23)/t12-/m0/s1. The van der Waals surface area contributed by atoms with E-state index >= 15 is 0 Å². The van der Waals surface area contributed by atoms with Crippen molar-refractivity contribution in [3.8, 4) is 0 Å². The van der Waals surface area contributed by atoms with Crippen molar-refractivity contribution >= 4 is 32.6 Å². The normalized spacial score (nSPS) is 12.1.